The first kappa shape index (κ1) is 15.5. The van der Waals surface area contributed by atoms with Crippen LogP contribution in [-0.2, 0) is 20.0 Å². The van der Waals surface area contributed by atoms with Crippen molar-refractivity contribution in [2.24, 2.45) is 0 Å². The fourth-order valence-electron chi connectivity index (χ4n) is 2.11. The summed E-state index contributed by atoms with van der Waals surface area (Å²) in [5.74, 6) is 0.0715. The molecule has 0 fully saturated rings. The molecule has 1 aromatic heterocycles. The molecule has 0 amide bonds. The molecule has 1 heterocycles. The topological polar surface area (TPSA) is 106 Å². The van der Waals surface area contributed by atoms with Gasteiger partial charge in [0.05, 0.1) is 16.6 Å². The minimum atomic E-state index is -4.29. The van der Waals surface area contributed by atoms with Gasteiger partial charge in [-0.15, -0.1) is 0 Å². The minimum Gasteiger partial charge on any atom is -0.379 e. The van der Waals surface area contributed by atoms with E-state index in [-0.39, 0.29) is 10.6 Å². The summed E-state index contributed by atoms with van der Waals surface area (Å²) in [4.78, 5) is -0.695. The van der Waals surface area contributed by atoms with Gasteiger partial charge in [0.25, 0.3) is 0 Å². The summed E-state index contributed by atoms with van der Waals surface area (Å²) in [5, 5.41) is 7.25. The van der Waals surface area contributed by atoms with E-state index in [1.165, 1.54) is 42.6 Å². The third-order valence-electron chi connectivity index (χ3n) is 3.14. The van der Waals surface area contributed by atoms with E-state index in [9.17, 15) is 16.8 Å². The molecule has 3 rings (SSSR count). The molecule has 7 nitrogen and oxygen atoms in total. The number of nitrogens with one attached hydrogen (secondary N) is 1. The molecule has 0 aliphatic heterocycles. The molecule has 0 aliphatic rings. The van der Waals surface area contributed by atoms with Crippen LogP contribution in [0.2, 0.25) is 0 Å². The van der Waals surface area contributed by atoms with Gasteiger partial charge >= 0.3 is 10.1 Å². The van der Waals surface area contributed by atoms with Gasteiger partial charge in [-0.25, -0.2) is 8.42 Å². The Morgan fingerprint density at radius 3 is 2.39 bits per heavy atom. The first-order chi connectivity index (χ1) is 10.8. The average Bonchev–Trinajstić information content (AvgIpc) is 2.93. The van der Waals surface area contributed by atoms with Crippen LogP contribution in [0.15, 0.2) is 58.5 Å². The van der Waals surface area contributed by atoms with Crippen molar-refractivity contribution < 1.29 is 21.0 Å². The van der Waals surface area contributed by atoms with Gasteiger partial charge < -0.3 is 4.18 Å². The molecule has 0 unspecified atom stereocenters. The number of fused-ring (bicyclic) bond motifs is 1. The summed E-state index contributed by atoms with van der Waals surface area (Å²) in [6.45, 7) is 0. The molecular formula is C14H12N2O5S2. The number of aromatic nitrogens is 2. The second-order valence-corrected chi connectivity index (χ2v) is 8.37. The van der Waals surface area contributed by atoms with E-state index in [0.717, 1.165) is 11.8 Å². The number of aromatic amines is 1. The highest BCUT2D eigenvalue weighted by Gasteiger charge is 2.25. The normalized spacial score (nSPS) is 12.4. The van der Waals surface area contributed by atoms with Crippen LogP contribution < -0.4 is 4.18 Å². The fraction of sp³-hybridized carbons (Fsp3) is 0.0714. The maximum absolute atomic E-state index is 12.4. The van der Waals surface area contributed by atoms with Gasteiger partial charge in [-0.3, -0.25) is 5.10 Å². The van der Waals surface area contributed by atoms with Crippen LogP contribution in [0.25, 0.3) is 10.9 Å². The Morgan fingerprint density at radius 2 is 1.70 bits per heavy atom. The van der Waals surface area contributed by atoms with E-state index < -0.39 is 24.9 Å². The quantitative estimate of drug-likeness (QED) is 0.717. The summed E-state index contributed by atoms with van der Waals surface area (Å²) < 4.78 is 53.5. The molecule has 3 aromatic rings. The number of sulfone groups is 1. The molecular weight excluding hydrogens is 340 g/mol. The monoisotopic (exact) mass is 352 g/mol. The predicted molar refractivity (Wildman–Crippen MR) is 83.5 cm³/mol. The zero-order chi connectivity index (χ0) is 16.7. The SMILES string of the molecule is CS(=O)(=O)c1ccccc1S(=O)(=O)Oc1ccc2[nH]ncc2c1. The largest absolute Gasteiger partial charge is 0.379 e. The molecule has 2 aromatic carbocycles. The zero-order valence-electron chi connectivity index (χ0n) is 11.9. The van der Waals surface area contributed by atoms with Gasteiger partial charge in [-0.05, 0) is 30.3 Å². The molecule has 1 N–H and O–H groups in total. The third kappa shape index (κ3) is 3.06. The Labute approximate surface area is 133 Å². The van der Waals surface area contributed by atoms with Crippen molar-refractivity contribution in [3.05, 3.63) is 48.7 Å². The van der Waals surface area contributed by atoms with Crippen molar-refractivity contribution in [3.8, 4) is 5.75 Å². The van der Waals surface area contributed by atoms with E-state index in [2.05, 4.69) is 10.2 Å². The molecule has 0 radical (unpaired) electrons. The van der Waals surface area contributed by atoms with E-state index >= 15 is 0 Å². The van der Waals surface area contributed by atoms with Crippen LogP contribution in [0.3, 0.4) is 0 Å². The van der Waals surface area contributed by atoms with Gasteiger partial charge in [0.2, 0.25) is 0 Å². The smallest absolute Gasteiger partial charge is 0.340 e. The predicted octanol–water partition coefficient (Wildman–Crippen LogP) is 1.73. The van der Waals surface area contributed by atoms with Crippen LogP contribution in [0.5, 0.6) is 5.75 Å². The summed E-state index contributed by atoms with van der Waals surface area (Å²) in [6, 6.07) is 9.89. The highest BCUT2D eigenvalue weighted by molar-refractivity contribution is 7.92. The van der Waals surface area contributed by atoms with Crippen molar-refractivity contribution in [1.29, 1.82) is 0 Å². The van der Waals surface area contributed by atoms with E-state index in [1.54, 1.807) is 6.07 Å². The van der Waals surface area contributed by atoms with E-state index in [1.807, 2.05) is 0 Å². The molecule has 0 atom stereocenters. The maximum atomic E-state index is 12.4. The van der Waals surface area contributed by atoms with Crippen LogP contribution in [-0.4, -0.2) is 33.3 Å². The van der Waals surface area contributed by atoms with Crippen LogP contribution in [0, 0.1) is 0 Å². The zero-order valence-corrected chi connectivity index (χ0v) is 13.6. The van der Waals surface area contributed by atoms with Crippen molar-refractivity contribution >= 4 is 30.9 Å². The highest BCUT2D eigenvalue weighted by Crippen LogP contribution is 2.26. The lowest BCUT2D eigenvalue weighted by Gasteiger charge is -2.10. The number of benzene rings is 2. The summed E-state index contributed by atoms with van der Waals surface area (Å²) in [5.41, 5.74) is 0.728. The lowest BCUT2D eigenvalue weighted by molar-refractivity contribution is 0.483. The second kappa shape index (κ2) is 5.36. The maximum Gasteiger partial charge on any atom is 0.340 e. The lowest BCUT2D eigenvalue weighted by atomic mass is 10.2. The fourth-order valence-corrected chi connectivity index (χ4v) is 4.63. The number of rotatable bonds is 4. The summed E-state index contributed by atoms with van der Waals surface area (Å²) >= 11 is 0. The van der Waals surface area contributed by atoms with Crippen LogP contribution in [0.1, 0.15) is 0 Å². The van der Waals surface area contributed by atoms with Crippen molar-refractivity contribution in [3.63, 3.8) is 0 Å². The third-order valence-corrected chi connectivity index (χ3v) is 5.73. The van der Waals surface area contributed by atoms with Gasteiger partial charge in [-0.1, -0.05) is 12.1 Å². The number of H-pyrrole nitrogens is 1. The molecule has 0 saturated heterocycles. The summed E-state index contributed by atoms with van der Waals surface area (Å²) in [7, 11) is -8.00. The first-order valence-corrected chi connectivity index (χ1v) is 9.74. The number of hydrogen-bond acceptors (Lipinski definition) is 6. The Morgan fingerprint density at radius 1 is 1.00 bits per heavy atom. The molecule has 9 heteroatoms. The molecule has 23 heavy (non-hydrogen) atoms. The molecule has 0 bridgehead atoms. The standard InChI is InChI=1S/C14H12N2O5S2/c1-22(17,18)13-4-2-3-5-14(13)23(19,20)21-11-6-7-12-10(8-11)9-15-16-12/h2-9H,1H3,(H,15,16). The minimum absolute atomic E-state index is 0.0715. The lowest BCUT2D eigenvalue weighted by Crippen LogP contribution is -2.14. The Balaban J connectivity index is 2.06. The van der Waals surface area contributed by atoms with Crippen molar-refractivity contribution in [1.82, 2.24) is 10.2 Å². The molecule has 0 aliphatic carbocycles. The molecule has 0 saturated carbocycles. The Hall–Kier alpha value is -2.39. The van der Waals surface area contributed by atoms with Crippen molar-refractivity contribution in [2.45, 2.75) is 9.79 Å². The van der Waals surface area contributed by atoms with Crippen LogP contribution in [0.4, 0.5) is 0 Å². The van der Waals surface area contributed by atoms with Crippen LogP contribution >= 0.6 is 0 Å². The van der Waals surface area contributed by atoms with E-state index in [4.69, 9.17) is 4.18 Å². The average molecular weight is 352 g/mol. The number of hydrogen-bond donors (Lipinski definition) is 1. The second-order valence-electron chi connectivity index (χ2n) is 4.88. The van der Waals surface area contributed by atoms with Gasteiger partial charge in [-0.2, -0.15) is 13.5 Å². The van der Waals surface area contributed by atoms with Crippen molar-refractivity contribution in [2.75, 3.05) is 6.26 Å². The number of nitrogens with zero attached hydrogens (tertiary/aromatic N) is 1. The molecule has 0 spiro atoms. The Bertz CT molecular complexity index is 1090. The van der Waals surface area contributed by atoms with Gasteiger partial charge in [0.15, 0.2) is 9.84 Å². The van der Waals surface area contributed by atoms with Gasteiger partial charge in [0.1, 0.15) is 10.6 Å². The summed E-state index contributed by atoms with van der Waals surface area (Å²) in [6.07, 6.45) is 2.47. The highest BCUT2D eigenvalue weighted by atomic mass is 32.2. The van der Waals surface area contributed by atoms with E-state index in [0.29, 0.717) is 5.39 Å². The first-order valence-electron chi connectivity index (χ1n) is 6.44. The molecule has 120 valence electrons. The van der Waals surface area contributed by atoms with Gasteiger partial charge in [0, 0.05) is 11.6 Å². The Kier molecular flexibility index (Phi) is 3.61.